The van der Waals surface area contributed by atoms with Gasteiger partial charge in [-0.05, 0) is 44.2 Å². The molecule has 0 aromatic heterocycles. The second kappa shape index (κ2) is 23.8. The Morgan fingerprint density at radius 3 is 1.89 bits per heavy atom. The van der Waals surface area contributed by atoms with Crippen molar-refractivity contribution in [2.75, 3.05) is 31.6 Å². The Morgan fingerprint density at radius 2 is 1.40 bits per heavy atom. The molecule has 0 heterocycles. The summed E-state index contributed by atoms with van der Waals surface area (Å²) in [7, 11) is 0. The number of nitrogens with zero attached hydrogens (tertiary/aromatic N) is 1. The van der Waals surface area contributed by atoms with Gasteiger partial charge in [-0.3, -0.25) is 35.3 Å². The fourth-order valence-corrected chi connectivity index (χ4v) is 3.52. The van der Waals surface area contributed by atoms with Gasteiger partial charge >= 0.3 is 6.09 Å². The Kier molecular flexibility index (Phi) is 22.5. The van der Waals surface area contributed by atoms with Gasteiger partial charge in [0.1, 0.15) is 12.1 Å². The first kappa shape index (κ1) is 42.6. The Bertz CT molecular complexity index is 1130. The van der Waals surface area contributed by atoms with E-state index in [1.165, 1.54) is 24.3 Å². The predicted molar refractivity (Wildman–Crippen MR) is 173 cm³/mol. The maximum Gasteiger partial charge on any atom is 0.407 e. The number of benzene rings is 1. The van der Waals surface area contributed by atoms with Crippen molar-refractivity contribution < 1.29 is 28.8 Å². The lowest BCUT2D eigenvalue weighted by Crippen LogP contribution is -2.51. The van der Waals surface area contributed by atoms with Crippen LogP contribution in [0.4, 0.5) is 16.2 Å². The number of nitro benzene ring substituents is 1. The number of carbonyl (C=O) groups excluding carboxylic acids is 4. The number of carbonyl (C=O) groups is 4. The Morgan fingerprint density at radius 1 is 0.867 bits per heavy atom. The van der Waals surface area contributed by atoms with Gasteiger partial charge in [0.15, 0.2) is 11.9 Å². The molecule has 45 heavy (non-hydrogen) atoms. The lowest BCUT2D eigenvalue weighted by Gasteiger charge is -2.20. The number of unbranched alkanes of at least 4 members (excludes halogenated alkanes) is 1. The molecule has 0 fully saturated rings. The van der Waals surface area contributed by atoms with E-state index in [0.717, 1.165) is 6.42 Å². The molecule has 12 N–H and O–H groups in total. The molecule has 2 atom stereocenters. The average Bonchev–Trinajstić information content (AvgIpc) is 2.95. The quantitative estimate of drug-likeness (QED) is 0.0314. The molecule has 0 unspecified atom stereocenters. The van der Waals surface area contributed by atoms with E-state index in [4.69, 9.17) is 27.0 Å². The van der Waals surface area contributed by atoms with E-state index in [9.17, 15) is 29.3 Å². The zero-order valence-corrected chi connectivity index (χ0v) is 26.4. The number of ether oxygens (including phenoxy) is 1. The van der Waals surface area contributed by atoms with Crippen LogP contribution in [0, 0.1) is 20.9 Å². The minimum absolute atomic E-state index is 0. The van der Waals surface area contributed by atoms with Crippen molar-refractivity contribution in [2.45, 2.75) is 57.5 Å². The molecule has 0 saturated carbocycles. The number of amides is 4. The summed E-state index contributed by atoms with van der Waals surface area (Å²) in [5, 5.41) is 40.6. The summed E-state index contributed by atoms with van der Waals surface area (Å²) in [5.74, 6) is -2.46. The minimum Gasteiger partial charge on any atom is -0.450 e. The molecule has 1 rings (SSSR count). The molecule has 0 bridgehead atoms. The molecular weight excluding hydrogens is 637 g/mol. The van der Waals surface area contributed by atoms with Crippen LogP contribution in [0.15, 0.2) is 24.3 Å². The molecule has 0 aliphatic heterocycles. The van der Waals surface area contributed by atoms with Crippen LogP contribution in [-0.4, -0.2) is 79.0 Å². The summed E-state index contributed by atoms with van der Waals surface area (Å²) in [4.78, 5) is 60.9. The second-order valence-corrected chi connectivity index (χ2v) is 9.28. The minimum atomic E-state index is -1.06. The molecule has 20 heteroatoms. The molecule has 1 aromatic rings. The van der Waals surface area contributed by atoms with Gasteiger partial charge < -0.3 is 48.1 Å². The summed E-state index contributed by atoms with van der Waals surface area (Å²) in [5.41, 5.74) is 10.6. The van der Waals surface area contributed by atoms with Gasteiger partial charge in [-0.25, -0.2) is 4.79 Å². The van der Waals surface area contributed by atoms with Crippen molar-refractivity contribution in [1.82, 2.24) is 26.6 Å². The van der Waals surface area contributed by atoms with Gasteiger partial charge in [0.05, 0.1) is 18.1 Å². The normalized spacial score (nSPS) is 11.1. The van der Waals surface area contributed by atoms with Gasteiger partial charge in [0.2, 0.25) is 17.7 Å². The lowest BCUT2D eigenvalue weighted by molar-refractivity contribution is -0.384. The third-order valence-electron chi connectivity index (χ3n) is 5.73. The summed E-state index contributed by atoms with van der Waals surface area (Å²) < 4.78 is 5.06. The first-order chi connectivity index (χ1) is 20.4. The summed E-state index contributed by atoms with van der Waals surface area (Å²) in [6.07, 6.45) is 1.65. The van der Waals surface area contributed by atoms with E-state index in [1.807, 2.05) is 6.92 Å². The van der Waals surface area contributed by atoms with Crippen LogP contribution in [0.2, 0.25) is 0 Å². The van der Waals surface area contributed by atoms with Crippen LogP contribution in [-0.2, 0) is 19.1 Å². The molecule has 0 spiro atoms. The highest BCUT2D eigenvalue weighted by molar-refractivity contribution is 5.98. The fraction of sp³-hybridized carbons (Fsp3) is 0.520. The number of nitrogens with two attached hydrogens (primary N) is 2. The van der Waals surface area contributed by atoms with Crippen LogP contribution >= 0.6 is 24.8 Å². The molecular formula is C25H43Cl2N11O7. The Labute approximate surface area is 272 Å². The van der Waals surface area contributed by atoms with Gasteiger partial charge in [0, 0.05) is 30.9 Å². The molecule has 0 aliphatic rings. The SMILES string of the molecule is CCCCOC(=O)N[C@H](CCCNC(=N)N)C(=O)NCC(=O)N[C@@H](CCCNC(=N)N)C(=O)Nc1ccc([N+](=O)[O-])cc1.Cl.Cl. The summed E-state index contributed by atoms with van der Waals surface area (Å²) >= 11 is 0. The van der Waals surface area contributed by atoms with E-state index in [1.54, 1.807) is 0 Å². The lowest BCUT2D eigenvalue weighted by atomic mass is 10.1. The number of hydrogen-bond acceptors (Lipinski definition) is 9. The number of alkyl carbamates (subject to hydrolysis) is 1. The molecule has 1 aromatic carbocycles. The number of non-ortho nitro benzene ring substituents is 1. The van der Waals surface area contributed by atoms with Crippen molar-refractivity contribution in [3.63, 3.8) is 0 Å². The first-order valence-electron chi connectivity index (χ1n) is 13.6. The van der Waals surface area contributed by atoms with E-state index in [2.05, 4.69) is 31.9 Å². The predicted octanol–water partition coefficient (Wildman–Crippen LogP) is 0.399. The standard InChI is InChI=1S/C25H41N11O7.2ClH/c1-2-3-14-43-25(40)35-18(6-4-12-30-23(26)27)21(38)32-15-20(37)34-19(7-5-13-31-24(28)29)22(39)33-16-8-10-17(11-9-16)36(41)42;;/h8-11,18-19H,2-7,12-15H2,1H3,(H,32,38)(H,33,39)(H,34,37)(H,35,40)(H4,26,27,30)(H4,28,29,31);2*1H/t18-,19+;;/m1../s1. The van der Waals surface area contributed by atoms with E-state index in [-0.39, 0.29) is 80.6 Å². The zero-order valence-electron chi connectivity index (χ0n) is 24.8. The highest BCUT2D eigenvalue weighted by Gasteiger charge is 2.24. The monoisotopic (exact) mass is 679 g/mol. The number of anilines is 1. The number of nitrogens with one attached hydrogen (secondary N) is 8. The van der Waals surface area contributed by atoms with Gasteiger partial charge in [-0.1, -0.05) is 13.3 Å². The first-order valence-corrected chi connectivity index (χ1v) is 13.6. The molecule has 0 radical (unpaired) electrons. The number of guanidine groups is 2. The Balaban J connectivity index is 0. The van der Waals surface area contributed by atoms with Crippen molar-refractivity contribution in [1.29, 1.82) is 10.8 Å². The highest BCUT2D eigenvalue weighted by Crippen LogP contribution is 2.16. The second-order valence-electron chi connectivity index (χ2n) is 9.28. The average molecular weight is 681 g/mol. The molecule has 18 nitrogen and oxygen atoms in total. The number of nitro groups is 1. The van der Waals surface area contributed by atoms with E-state index in [0.29, 0.717) is 19.3 Å². The molecule has 0 aliphatic carbocycles. The van der Waals surface area contributed by atoms with Gasteiger partial charge in [-0.15, -0.1) is 24.8 Å². The van der Waals surface area contributed by atoms with Crippen molar-refractivity contribution in [3.8, 4) is 0 Å². The van der Waals surface area contributed by atoms with Crippen LogP contribution in [0.1, 0.15) is 45.4 Å². The fourth-order valence-electron chi connectivity index (χ4n) is 3.52. The maximum atomic E-state index is 12.9. The van der Waals surface area contributed by atoms with Crippen LogP contribution < -0.4 is 43.4 Å². The zero-order chi connectivity index (χ0) is 32.2. The number of rotatable bonds is 19. The highest BCUT2D eigenvalue weighted by atomic mass is 35.5. The summed E-state index contributed by atoms with van der Waals surface area (Å²) in [6.45, 7) is 2.12. The van der Waals surface area contributed by atoms with Crippen LogP contribution in [0.25, 0.3) is 0 Å². The van der Waals surface area contributed by atoms with Crippen molar-refractivity contribution in [3.05, 3.63) is 34.4 Å². The van der Waals surface area contributed by atoms with Gasteiger partial charge in [0.25, 0.3) is 5.69 Å². The topological polar surface area (TPSA) is 293 Å². The third-order valence-corrected chi connectivity index (χ3v) is 5.73. The van der Waals surface area contributed by atoms with Crippen molar-refractivity contribution in [2.24, 2.45) is 11.5 Å². The molecule has 254 valence electrons. The largest absolute Gasteiger partial charge is 0.450 e. The number of hydrogen-bond donors (Lipinski definition) is 10. The summed E-state index contributed by atoms with van der Waals surface area (Å²) in [6, 6.07) is 3.02. The van der Waals surface area contributed by atoms with Crippen molar-refractivity contribution >= 4 is 71.9 Å². The van der Waals surface area contributed by atoms with E-state index < -0.39 is 47.4 Å². The third kappa shape index (κ3) is 19.3. The molecule has 4 amide bonds. The maximum absolute atomic E-state index is 12.9. The molecule has 0 saturated heterocycles. The Hall–Kier alpha value is -4.58. The number of halogens is 2. The van der Waals surface area contributed by atoms with Crippen LogP contribution in [0.5, 0.6) is 0 Å². The smallest absolute Gasteiger partial charge is 0.407 e. The van der Waals surface area contributed by atoms with Crippen LogP contribution in [0.3, 0.4) is 0 Å². The van der Waals surface area contributed by atoms with Gasteiger partial charge in [-0.2, -0.15) is 0 Å². The van der Waals surface area contributed by atoms with E-state index >= 15 is 0 Å².